The third kappa shape index (κ3) is 1.55. The largest absolute Gasteiger partial charge is 0.289 e. The lowest BCUT2D eigenvalue weighted by Gasteiger charge is -2.23. The number of nitrogens with one attached hydrogen (secondary N) is 1. The van der Waals surface area contributed by atoms with E-state index in [-0.39, 0.29) is 0 Å². The second kappa shape index (κ2) is 3.26. The molecule has 0 heterocycles. The van der Waals surface area contributed by atoms with Gasteiger partial charge >= 0.3 is 0 Å². The number of rotatable bonds is 2. The van der Waals surface area contributed by atoms with Crippen LogP contribution in [0.3, 0.4) is 0 Å². The van der Waals surface area contributed by atoms with Crippen LogP contribution in [-0.2, 0) is 14.6 Å². The van der Waals surface area contributed by atoms with Gasteiger partial charge in [-0.2, -0.15) is 0 Å². The summed E-state index contributed by atoms with van der Waals surface area (Å²) >= 11 is 0. The van der Waals surface area contributed by atoms with Crippen molar-refractivity contribution in [3.05, 3.63) is 0 Å². The van der Waals surface area contributed by atoms with Gasteiger partial charge in [0.1, 0.15) is 0 Å². The first-order valence-electron chi connectivity index (χ1n) is 4.08. The van der Waals surface area contributed by atoms with Crippen molar-refractivity contribution in [3.8, 4) is 0 Å². The van der Waals surface area contributed by atoms with E-state index in [4.69, 9.17) is 5.21 Å². The Labute approximate surface area is 77.0 Å². The van der Waals surface area contributed by atoms with Gasteiger partial charge in [0, 0.05) is 6.26 Å². The number of hydrogen-bond acceptors (Lipinski definition) is 4. The quantitative estimate of drug-likeness (QED) is 0.487. The lowest BCUT2D eigenvalue weighted by Crippen LogP contribution is -2.49. The van der Waals surface area contributed by atoms with Crippen LogP contribution in [0.5, 0.6) is 0 Å². The Morgan fingerprint density at radius 3 is 2.15 bits per heavy atom. The van der Waals surface area contributed by atoms with Gasteiger partial charge in [0.05, 0.1) is 0 Å². The molecule has 0 aromatic carbocycles. The van der Waals surface area contributed by atoms with Gasteiger partial charge in [0.15, 0.2) is 14.6 Å². The van der Waals surface area contributed by atoms with E-state index in [0.717, 1.165) is 6.26 Å². The normalized spacial score (nSPS) is 21.4. The monoisotopic (exact) mass is 207 g/mol. The molecule has 0 aliphatic heterocycles. The molecule has 1 amide bonds. The maximum atomic E-state index is 11.4. The minimum atomic E-state index is -3.45. The molecule has 1 aliphatic carbocycles. The van der Waals surface area contributed by atoms with Crippen LogP contribution in [0.2, 0.25) is 0 Å². The number of carbonyl (C=O) groups is 1. The van der Waals surface area contributed by atoms with Crippen LogP contribution >= 0.6 is 0 Å². The van der Waals surface area contributed by atoms with Gasteiger partial charge in [-0.05, 0) is 12.8 Å². The summed E-state index contributed by atoms with van der Waals surface area (Å²) in [5.41, 5.74) is 1.44. The Morgan fingerprint density at radius 2 is 1.85 bits per heavy atom. The minimum absolute atomic E-state index is 0.304. The highest BCUT2D eigenvalue weighted by atomic mass is 32.2. The van der Waals surface area contributed by atoms with E-state index in [9.17, 15) is 13.2 Å². The molecular weight excluding hydrogens is 194 g/mol. The molecule has 0 bridgehead atoms. The first-order chi connectivity index (χ1) is 5.94. The summed E-state index contributed by atoms with van der Waals surface area (Å²) in [4.78, 5) is 11.2. The van der Waals surface area contributed by atoms with E-state index in [1.54, 1.807) is 0 Å². The number of sulfone groups is 1. The van der Waals surface area contributed by atoms with E-state index in [1.165, 1.54) is 5.48 Å². The fourth-order valence-electron chi connectivity index (χ4n) is 1.81. The Hall–Kier alpha value is -0.620. The zero-order chi connectivity index (χ0) is 10.1. The van der Waals surface area contributed by atoms with Crippen LogP contribution in [0.4, 0.5) is 0 Å². The zero-order valence-electron chi connectivity index (χ0n) is 7.41. The Bertz CT molecular complexity index is 302. The molecule has 1 aliphatic rings. The number of carbonyl (C=O) groups excluding carboxylic acids is 1. The smallest absolute Gasteiger partial charge is 0.264 e. The molecule has 1 saturated carbocycles. The topological polar surface area (TPSA) is 83.5 Å². The first kappa shape index (κ1) is 10.5. The molecule has 6 heteroatoms. The molecule has 13 heavy (non-hydrogen) atoms. The lowest BCUT2D eigenvalue weighted by molar-refractivity contribution is -0.131. The van der Waals surface area contributed by atoms with E-state index in [2.05, 4.69) is 0 Å². The Balaban J connectivity index is 3.09. The van der Waals surface area contributed by atoms with Gasteiger partial charge in [-0.1, -0.05) is 12.8 Å². The molecule has 76 valence electrons. The maximum absolute atomic E-state index is 11.4. The summed E-state index contributed by atoms with van der Waals surface area (Å²) in [7, 11) is -3.45. The van der Waals surface area contributed by atoms with E-state index in [0.29, 0.717) is 25.7 Å². The van der Waals surface area contributed by atoms with E-state index in [1.807, 2.05) is 0 Å². The highest BCUT2D eigenvalue weighted by molar-refractivity contribution is 7.92. The van der Waals surface area contributed by atoms with Gasteiger partial charge in [-0.3, -0.25) is 10.0 Å². The standard InChI is InChI=1S/C7H13NO4S/c1-13(11,12)7(6(9)8-10)4-2-3-5-7/h10H,2-5H2,1H3,(H,8,9). The molecule has 0 atom stereocenters. The average Bonchev–Trinajstić information content (AvgIpc) is 2.50. The van der Waals surface area contributed by atoms with Crippen LogP contribution in [0.15, 0.2) is 0 Å². The van der Waals surface area contributed by atoms with Crippen LogP contribution < -0.4 is 5.48 Å². The highest BCUT2D eigenvalue weighted by Crippen LogP contribution is 2.36. The highest BCUT2D eigenvalue weighted by Gasteiger charge is 2.49. The third-order valence-electron chi connectivity index (χ3n) is 2.64. The molecule has 1 rings (SSSR count). The van der Waals surface area contributed by atoms with Crippen molar-refractivity contribution < 1.29 is 18.4 Å². The molecule has 5 nitrogen and oxygen atoms in total. The predicted molar refractivity (Wildman–Crippen MR) is 46.0 cm³/mol. The molecule has 1 fully saturated rings. The van der Waals surface area contributed by atoms with Crippen molar-refractivity contribution in [2.45, 2.75) is 30.4 Å². The zero-order valence-corrected chi connectivity index (χ0v) is 8.23. The SMILES string of the molecule is CS(=O)(=O)C1(C(=O)NO)CCCC1. The Kier molecular flexibility index (Phi) is 2.63. The lowest BCUT2D eigenvalue weighted by atomic mass is 10.1. The second-order valence-electron chi connectivity index (χ2n) is 3.41. The van der Waals surface area contributed by atoms with Crippen LogP contribution in [0, 0.1) is 0 Å². The van der Waals surface area contributed by atoms with Crippen molar-refractivity contribution in [2.75, 3.05) is 6.26 Å². The molecule has 0 aromatic heterocycles. The minimum Gasteiger partial charge on any atom is -0.289 e. The first-order valence-corrected chi connectivity index (χ1v) is 5.97. The number of hydroxylamine groups is 1. The fourth-order valence-corrected chi connectivity index (χ4v) is 3.23. The fraction of sp³-hybridized carbons (Fsp3) is 0.857. The molecule has 0 radical (unpaired) electrons. The summed E-state index contributed by atoms with van der Waals surface area (Å²) in [5.74, 6) is -0.799. The van der Waals surface area contributed by atoms with Gasteiger partial charge in [-0.25, -0.2) is 13.9 Å². The van der Waals surface area contributed by atoms with Crippen molar-refractivity contribution in [3.63, 3.8) is 0 Å². The summed E-state index contributed by atoms with van der Waals surface area (Å²) in [6, 6.07) is 0. The van der Waals surface area contributed by atoms with Crippen LogP contribution in [0.1, 0.15) is 25.7 Å². The van der Waals surface area contributed by atoms with E-state index < -0.39 is 20.5 Å². The van der Waals surface area contributed by atoms with E-state index >= 15 is 0 Å². The van der Waals surface area contributed by atoms with Crippen molar-refractivity contribution in [1.29, 1.82) is 0 Å². The summed E-state index contributed by atoms with van der Waals surface area (Å²) in [6.45, 7) is 0. The van der Waals surface area contributed by atoms with Gasteiger partial charge in [0.2, 0.25) is 0 Å². The second-order valence-corrected chi connectivity index (χ2v) is 5.74. The Morgan fingerprint density at radius 1 is 1.38 bits per heavy atom. The van der Waals surface area contributed by atoms with Crippen molar-refractivity contribution in [2.24, 2.45) is 0 Å². The van der Waals surface area contributed by atoms with Crippen molar-refractivity contribution >= 4 is 15.7 Å². The van der Waals surface area contributed by atoms with Crippen molar-refractivity contribution in [1.82, 2.24) is 5.48 Å². The number of hydrogen-bond donors (Lipinski definition) is 2. The molecule has 0 saturated heterocycles. The summed E-state index contributed by atoms with van der Waals surface area (Å²) in [6.07, 6.45) is 3.06. The van der Waals surface area contributed by atoms with Crippen LogP contribution in [0.25, 0.3) is 0 Å². The van der Waals surface area contributed by atoms with Gasteiger partial charge in [-0.15, -0.1) is 0 Å². The predicted octanol–water partition coefficient (Wildman–Crippen LogP) is -0.151. The average molecular weight is 207 g/mol. The summed E-state index contributed by atoms with van der Waals surface area (Å²) < 4.78 is 21.4. The third-order valence-corrected chi connectivity index (χ3v) is 4.65. The van der Waals surface area contributed by atoms with Gasteiger partial charge in [0.25, 0.3) is 5.91 Å². The number of amides is 1. The molecule has 2 N–H and O–H groups in total. The molecule has 0 spiro atoms. The maximum Gasteiger partial charge on any atom is 0.264 e. The van der Waals surface area contributed by atoms with Gasteiger partial charge < -0.3 is 0 Å². The van der Waals surface area contributed by atoms with Crippen LogP contribution in [-0.4, -0.2) is 30.5 Å². The molecule has 0 unspecified atom stereocenters. The molecule has 0 aromatic rings. The summed E-state index contributed by atoms with van der Waals surface area (Å²) in [5, 5.41) is 8.46. The molecular formula is C7H13NO4S.